The number of carbonyl (C=O) groups excluding carboxylic acids is 1. The monoisotopic (exact) mass is 498 g/mol. The quantitative estimate of drug-likeness (QED) is 0.380. The Balaban J connectivity index is 3.48. The summed E-state index contributed by atoms with van der Waals surface area (Å²) in [6.45, 7) is 31.9. The van der Waals surface area contributed by atoms with E-state index in [2.05, 4.69) is 98.5 Å². The lowest BCUT2D eigenvalue weighted by Gasteiger charge is -2.37. The van der Waals surface area contributed by atoms with Crippen LogP contribution in [0.25, 0.3) is 0 Å². The van der Waals surface area contributed by atoms with E-state index in [1.54, 1.807) is 6.07 Å². The van der Waals surface area contributed by atoms with E-state index in [1.165, 1.54) is 0 Å². The first-order valence-corrected chi connectivity index (χ1v) is 20.1. The summed E-state index contributed by atoms with van der Waals surface area (Å²) in [7, 11) is -6.70. The first kappa shape index (κ1) is 28.8. The van der Waals surface area contributed by atoms with Gasteiger partial charge in [-0.1, -0.05) is 62.3 Å². The molecular weight excluding hydrogens is 453 g/mol. The van der Waals surface area contributed by atoms with Gasteiger partial charge in [0.05, 0.1) is 0 Å². The van der Waals surface area contributed by atoms with Crippen LogP contribution in [0.5, 0.6) is 11.9 Å². The summed E-state index contributed by atoms with van der Waals surface area (Å²) in [4.78, 5) is 22.2. The van der Waals surface area contributed by atoms with Gasteiger partial charge in [0.1, 0.15) is 0 Å². The maximum atomic E-state index is 13.2. The van der Waals surface area contributed by atoms with Crippen molar-refractivity contribution in [3.05, 3.63) is 11.8 Å². The maximum absolute atomic E-state index is 13.2. The van der Waals surface area contributed by atoms with Crippen molar-refractivity contribution < 1.29 is 18.1 Å². The van der Waals surface area contributed by atoms with Crippen molar-refractivity contribution in [2.24, 2.45) is 0 Å². The third-order valence-corrected chi connectivity index (χ3v) is 20.3. The molecule has 0 unspecified atom stereocenters. The molecule has 0 aliphatic heterocycles. The van der Waals surface area contributed by atoms with Gasteiger partial charge >= 0.3 is 12.0 Å². The number of carbonyl (C=O) groups is 1. The van der Waals surface area contributed by atoms with Crippen LogP contribution >= 0.6 is 0 Å². The van der Waals surface area contributed by atoms with Gasteiger partial charge in [0.2, 0.25) is 5.88 Å². The molecule has 184 valence electrons. The summed E-state index contributed by atoms with van der Waals surface area (Å²) < 4.78 is 18.8. The zero-order valence-corrected chi connectivity index (χ0v) is 26.1. The van der Waals surface area contributed by atoms with E-state index in [0.29, 0.717) is 5.88 Å². The Kier molecular flexibility index (Phi) is 7.99. The van der Waals surface area contributed by atoms with Gasteiger partial charge in [0.25, 0.3) is 25.0 Å². The number of hydrogen-bond acceptors (Lipinski definition) is 6. The number of rotatable bonds is 6. The van der Waals surface area contributed by atoms with Crippen LogP contribution in [0.2, 0.25) is 54.4 Å². The van der Waals surface area contributed by atoms with E-state index in [9.17, 15) is 4.79 Å². The molecule has 0 spiro atoms. The summed E-state index contributed by atoms with van der Waals surface area (Å²) in [6, 6.07) is 1.80. The Morgan fingerprint density at radius 1 is 0.688 bits per heavy atom. The summed E-state index contributed by atoms with van der Waals surface area (Å²) >= 11 is 0. The predicted octanol–water partition coefficient (Wildman–Crippen LogP) is 7.41. The molecular formula is C23H46N2O4Si3. The van der Waals surface area contributed by atoms with E-state index >= 15 is 0 Å². The summed E-state index contributed by atoms with van der Waals surface area (Å²) in [5.74, 6) is -0.0679. The van der Waals surface area contributed by atoms with Gasteiger partial charge < -0.3 is 13.3 Å². The molecule has 0 bridgehead atoms. The molecule has 0 fully saturated rings. The Bertz CT molecular complexity index is 787. The second kappa shape index (κ2) is 8.87. The van der Waals surface area contributed by atoms with Crippen molar-refractivity contribution in [2.45, 2.75) is 117 Å². The van der Waals surface area contributed by atoms with Crippen LogP contribution in [0.1, 0.15) is 72.8 Å². The highest BCUT2D eigenvalue weighted by Crippen LogP contribution is 2.40. The molecule has 9 heteroatoms. The summed E-state index contributed by atoms with van der Waals surface area (Å²) in [6.07, 6.45) is 0. The van der Waals surface area contributed by atoms with Crippen LogP contribution in [-0.2, 0) is 4.43 Å². The number of nitrogens with zero attached hydrogens (tertiary/aromatic N) is 2. The molecule has 0 atom stereocenters. The molecule has 1 aromatic heterocycles. The van der Waals surface area contributed by atoms with Gasteiger partial charge in [-0.2, -0.15) is 9.97 Å². The van der Waals surface area contributed by atoms with Gasteiger partial charge in [-0.25, -0.2) is 4.79 Å². The fourth-order valence-electron chi connectivity index (χ4n) is 1.84. The lowest BCUT2D eigenvalue weighted by atomic mass is 10.2. The second-order valence-corrected chi connectivity index (χ2v) is 27.4. The van der Waals surface area contributed by atoms with Gasteiger partial charge in [0, 0.05) is 6.07 Å². The van der Waals surface area contributed by atoms with Crippen molar-refractivity contribution in [1.82, 2.24) is 9.97 Å². The molecule has 0 saturated carbocycles. The van der Waals surface area contributed by atoms with Crippen molar-refractivity contribution in [3.8, 4) is 11.9 Å². The van der Waals surface area contributed by atoms with Crippen molar-refractivity contribution >= 4 is 30.9 Å². The third-order valence-electron chi connectivity index (χ3n) is 7.36. The molecule has 0 radical (unpaired) electrons. The standard InChI is InChI=1S/C23H46N2O4Si3/c1-21(2,3)30(10,11)27-18-16-17(19(26)28-31(12,13)22(4,5)6)24-20(25-18)29-32(14,15)23(7,8)9/h16H,1-15H3. The zero-order chi connectivity index (χ0) is 25.6. The minimum atomic E-state index is -2.31. The van der Waals surface area contributed by atoms with E-state index in [1.807, 2.05) is 13.1 Å². The largest absolute Gasteiger partial charge is 0.530 e. The molecule has 32 heavy (non-hydrogen) atoms. The lowest BCUT2D eigenvalue weighted by Crippen LogP contribution is -2.45. The fraction of sp³-hybridized carbons (Fsp3) is 0.783. The molecule has 1 aromatic rings. The molecule has 0 saturated heterocycles. The maximum Gasteiger partial charge on any atom is 0.344 e. The van der Waals surface area contributed by atoms with Crippen LogP contribution in [0.4, 0.5) is 0 Å². The first-order chi connectivity index (χ1) is 13.9. The van der Waals surface area contributed by atoms with E-state index in [0.717, 1.165) is 0 Å². The lowest BCUT2D eigenvalue weighted by molar-refractivity contribution is 0.0704. The molecule has 0 aromatic carbocycles. The van der Waals surface area contributed by atoms with E-state index in [4.69, 9.17) is 13.3 Å². The summed E-state index contributed by atoms with van der Waals surface area (Å²) in [5.41, 5.74) is 0.187. The highest BCUT2D eigenvalue weighted by atomic mass is 28.4. The van der Waals surface area contributed by atoms with Gasteiger partial charge in [-0.15, -0.1) is 0 Å². The Morgan fingerprint density at radius 2 is 1.09 bits per heavy atom. The molecule has 1 rings (SSSR count). The highest BCUT2D eigenvalue weighted by molar-refractivity contribution is 6.76. The molecule has 1 heterocycles. The van der Waals surface area contributed by atoms with Crippen LogP contribution in [0, 0.1) is 0 Å². The zero-order valence-electron chi connectivity index (χ0n) is 23.1. The smallest absolute Gasteiger partial charge is 0.344 e. The number of aromatic nitrogens is 2. The fourth-order valence-corrected chi connectivity index (χ4v) is 4.50. The third kappa shape index (κ3) is 6.90. The van der Waals surface area contributed by atoms with E-state index in [-0.39, 0.29) is 26.8 Å². The SMILES string of the molecule is CC(C)(C)[Si](C)(C)OC(=O)c1cc(O[Si](C)(C)C(C)(C)C)nc(O[Si](C)(C)C(C)(C)C)n1. The average Bonchev–Trinajstić information content (AvgIpc) is 2.49. The van der Waals surface area contributed by atoms with Crippen LogP contribution in [0.3, 0.4) is 0 Å². The Morgan fingerprint density at radius 3 is 1.50 bits per heavy atom. The molecule has 0 aliphatic rings. The van der Waals surface area contributed by atoms with Gasteiger partial charge in [-0.05, 0) is 54.4 Å². The number of hydrogen-bond donors (Lipinski definition) is 0. The van der Waals surface area contributed by atoms with Crippen LogP contribution in [-0.4, -0.2) is 40.9 Å². The average molecular weight is 499 g/mol. The first-order valence-electron chi connectivity index (χ1n) is 11.4. The molecule has 0 aliphatic carbocycles. The summed E-state index contributed by atoms with van der Waals surface area (Å²) in [5, 5.41) is -0.148. The molecule has 0 amide bonds. The van der Waals surface area contributed by atoms with Crippen molar-refractivity contribution in [2.75, 3.05) is 0 Å². The topological polar surface area (TPSA) is 70.5 Å². The molecule has 0 N–H and O–H groups in total. The van der Waals surface area contributed by atoms with Crippen LogP contribution in [0.15, 0.2) is 6.07 Å². The minimum absolute atomic E-state index is 0.0137. The Hall–Kier alpha value is -1.20. The van der Waals surface area contributed by atoms with E-state index < -0.39 is 30.9 Å². The van der Waals surface area contributed by atoms with Crippen LogP contribution < -0.4 is 8.85 Å². The predicted molar refractivity (Wildman–Crippen MR) is 140 cm³/mol. The van der Waals surface area contributed by atoms with Gasteiger partial charge in [0.15, 0.2) is 5.69 Å². The van der Waals surface area contributed by atoms with Crippen molar-refractivity contribution in [3.63, 3.8) is 0 Å². The minimum Gasteiger partial charge on any atom is -0.530 e. The Labute approximate surface area is 199 Å². The van der Waals surface area contributed by atoms with Crippen molar-refractivity contribution in [1.29, 1.82) is 0 Å². The normalized spacial score (nSPS) is 14.2. The second-order valence-electron chi connectivity index (χ2n) is 13.2. The highest BCUT2D eigenvalue weighted by Gasteiger charge is 2.43. The van der Waals surface area contributed by atoms with Gasteiger partial charge in [-0.3, -0.25) is 0 Å². The molecule has 6 nitrogen and oxygen atoms in total.